The number of rotatable bonds is 50. The van der Waals surface area contributed by atoms with Crippen molar-refractivity contribution in [2.24, 2.45) is 5.73 Å². The van der Waals surface area contributed by atoms with E-state index >= 15 is 0 Å². The Kier molecular flexibility index (Phi) is 46.5. The van der Waals surface area contributed by atoms with Gasteiger partial charge in [-0.05, 0) is 70.6 Å². The molecule has 4 N–H and O–H groups in total. The Balaban J connectivity index is 4.22. The highest BCUT2D eigenvalue weighted by atomic mass is 31.2. The van der Waals surface area contributed by atoms with Gasteiger partial charge in [0.05, 0.1) is 13.2 Å². The van der Waals surface area contributed by atoms with E-state index in [4.69, 9.17) is 24.8 Å². The summed E-state index contributed by atoms with van der Waals surface area (Å²) in [7, 11) is -4.72. The molecule has 3 atom stereocenters. The van der Waals surface area contributed by atoms with Gasteiger partial charge in [-0.2, -0.15) is 0 Å². The number of hydrogen-bond donors (Lipinski definition) is 3. The highest BCUT2D eigenvalue weighted by molar-refractivity contribution is 7.47. The van der Waals surface area contributed by atoms with Crippen LogP contribution < -0.4 is 5.73 Å². The third-order valence-electron chi connectivity index (χ3n) is 11.6. The van der Waals surface area contributed by atoms with E-state index in [9.17, 15) is 23.8 Å². The molecule has 11 nitrogen and oxygen atoms in total. The lowest BCUT2D eigenvalue weighted by Crippen LogP contribution is -2.34. The van der Waals surface area contributed by atoms with Gasteiger partial charge in [-0.1, -0.05) is 204 Å². The van der Waals surface area contributed by atoms with E-state index in [1.807, 2.05) is 0 Å². The van der Waals surface area contributed by atoms with Gasteiger partial charge in [0.1, 0.15) is 12.6 Å². The Hall–Kier alpha value is -2.30. The van der Waals surface area contributed by atoms with Crippen LogP contribution in [-0.4, -0.2) is 59.9 Å². The number of phosphoric acid groups is 1. The van der Waals surface area contributed by atoms with Crippen molar-refractivity contribution in [2.45, 2.75) is 264 Å². The van der Waals surface area contributed by atoms with Crippen molar-refractivity contribution in [3.63, 3.8) is 0 Å². The summed E-state index contributed by atoms with van der Waals surface area (Å²) >= 11 is 0. The Bertz CT molecular complexity index is 1240. The molecule has 0 radical (unpaired) electrons. The minimum Gasteiger partial charge on any atom is -0.480 e. The summed E-state index contributed by atoms with van der Waals surface area (Å²) in [5.74, 6) is -2.37. The second-order valence-electron chi connectivity index (χ2n) is 18.0. The molecule has 0 saturated heterocycles. The SMILES string of the molecule is CCCCCCC/C=C\C/C=C\CCCCCCCCCCCCCC(=O)OC(COC(=O)CCCCCCCCC/C=C\CCCCCCCCC)COP(=O)(O)OCC(N)C(=O)O. The van der Waals surface area contributed by atoms with Gasteiger partial charge in [0.15, 0.2) is 6.10 Å². The van der Waals surface area contributed by atoms with Crippen LogP contribution in [0.2, 0.25) is 0 Å². The highest BCUT2D eigenvalue weighted by Crippen LogP contribution is 2.43. The molecular formula is C53H98NO10P. The molecule has 0 saturated carbocycles. The summed E-state index contributed by atoms with van der Waals surface area (Å²) in [5, 5.41) is 8.93. The summed E-state index contributed by atoms with van der Waals surface area (Å²) in [4.78, 5) is 46.2. The molecule has 0 aliphatic heterocycles. The molecular weight excluding hydrogens is 842 g/mol. The van der Waals surface area contributed by atoms with E-state index < -0.39 is 51.1 Å². The van der Waals surface area contributed by atoms with Crippen molar-refractivity contribution in [3.05, 3.63) is 36.5 Å². The summed E-state index contributed by atoms with van der Waals surface area (Å²) < 4.78 is 32.9. The number of nitrogens with two attached hydrogens (primary N) is 1. The van der Waals surface area contributed by atoms with Crippen LogP contribution in [0.3, 0.4) is 0 Å². The van der Waals surface area contributed by atoms with Crippen molar-refractivity contribution in [3.8, 4) is 0 Å². The molecule has 0 bridgehead atoms. The second-order valence-corrected chi connectivity index (χ2v) is 19.5. The predicted octanol–water partition coefficient (Wildman–Crippen LogP) is 15.1. The summed E-state index contributed by atoms with van der Waals surface area (Å²) in [6.07, 6.45) is 54.9. The van der Waals surface area contributed by atoms with Crippen LogP contribution in [0.25, 0.3) is 0 Å². The minimum atomic E-state index is -4.72. The molecule has 0 aromatic rings. The fraction of sp³-hybridized carbons (Fsp3) is 0.830. The van der Waals surface area contributed by atoms with Gasteiger partial charge in [0.2, 0.25) is 0 Å². The quantitative estimate of drug-likeness (QED) is 0.0229. The number of allylic oxidation sites excluding steroid dienone is 6. The van der Waals surface area contributed by atoms with E-state index in [1.54, 1.807) is 0 Å². The average molecular weight is 940 g/mol. The van der Waals surface area contributed by atoms with Crippen LogP contribution >= 0.6 is 7.82 Å². The maximum Gasteiger partial charge on any atom is 0.472 e. The first-order valence-electron chi connectivity index (χ1n) is 26.5. The van der Waals surface area contributed by atoms with Gasteiger partial charge in [-0.3, -0.25) is 23.4 Å². The van der Waals surface area contributed by atoms with Crippen molar-refractivity contribution < 1.29 is 47.5 Å². The summed E-state index contributed by atoms with van der Waals surface area (Å²) in [6.45, 7) is 2.83. The van der Waals surface area contributed by atoms with Crippen LogP contribution in [0.1, 0.15) is 251 Å². The van der Waals surface area contributed by atoms with Crippen molar-refractivity contribution in [1.29, 1.82) is 0 Å². The predicted molar refractivity (Wildman–Crippen MR) is 268 cm³/mol. The number of phosphoric ester groups is 1. The minimum absolute atomic E-state index is 0.159. The Morgan fingerprint density at radius 2 is 0.815 bits per heavy atom. The van der Waals surface area contributed by atoms with Gasteiger partial charge in [-0.25, -0.2) is 4.57 Å². The fourth-order valence-corrected chi connectivity index (χ4v) is 8.22. The molecule has 12 heteroatoms. The Labute approximate surface area is 397 Å². The maximum absolute atomic E-state index is 12.7. The number of carbonyl (C=O) groups is 3. The topological polar surface area (TPSA) is 172 Å². The van der Waals surface area contributed by atoms with Gasteiger partial charge in [0.25, 0.3) is 0 Å². The summed E-state index contributed by atoms with van der Waals surface area (Å²) in [5.41, 5.74) is 5.36. The van der Waals surface area contributed by atoms with Crippen LogP contribution in [-0.2, 0) is 37.5 Å². The molecule has 0 aliphatic carbocycles. The smallest absolute Gasteiger partial charge is 0.472 e. The van der Waals surface area contributed by atoms with Crippen LogP contribution in [0, 0.1) is 0 Å². The lowest BCUT2D eigenvalue weighted by Gasteiger charge is -2.20. The average Bonchev–Trinajstić information content (AvgIpc) is 3.28. The third kappa shape index (κ3) is 48.0. The number of hydrogen-bond acceptors (Lipinski definition) is 9. The Morgan fingerprint density at radius 1 is 0.477 bits per heavy atom. The normalized spacial score (nSPS) is 13.8. The second kappa shape index (κ2) is 48.2. The molecule has 0 spiro atoms. The maximum atomic E-state index is 12.7. The molecule has 65 heavy (non-hydrogen) atoms. The standard InChI is InChI=1S/C53H98NO10P/c1-3-5-7-9-11-13-15-17-19-21-23-24-25-26-27-29-31-33-35-37-39-41-43-45-52(56)64-49(47-62-65(59,60)63-48-50(54)53(57)58)46-61-51(55)44-42-40-38-36-34-32-30-28-22-20-18-16-14-12-10-8-6-4-2/h15,17,20-23,49-50H,3-14,16,18-19,24-48,54H2,1-2H3,(H,57,58)(H,59,60)/b17-15-,22-20-,23-21-. The molecule has 380 valence electrons. The van der Waals surface area contributed by atoms with Gasteiger partial charge in [-0.15, -0.1) is 0 Å². The number of carboxylic acid groups (broad SMARTS) is 1. The van der Waals surface area contributed by atoms with Gasteiger partial charge < -0.3 is 25.2 Å². The zero-order chi connectivity index (χ0) is 47.7. The van der Waals surface area contributed by atoms with Crippen molar-refractivity contribution in [2.75, 3.05) is 19.8 Å². The molecule has 0 fully saturated rings. The van der Waals surface area contributed by atoms with E-state index in [2.05, 4.69) is 54.8 Å². The largest absolute Gasteiger partial charge is 0.480 e. The van der Waals surface area contributed by atoms with Crippen molar-refractivity contribution >= 4 is 25.7 Å². The van der Waals surface area contributed by atoms with Crippen molar-refractivity contribution in [1.82, 2.24) is 0 Å². The molecule has 0 aromatic carbocycles. The number of esters is 2. The molecule has 0 aliphatic rings. The fourth-order valence-electron chi connectivity index (χ4n) is 7.44. The number of unbranched alkanes of at least 4 members (excludes halogenated alkanes) is 30. The van der Waals surface area contributed by atoms with Crippen LogP contribution in [0.4, 0.5) is 0 Å². The van der Waals surface area contributed by atoms with E-state index in [-0.39, 0.29) is 19.4 Å². The molecule has 3 unspecified atom stereocenters. The lowest BCUT2D eigenvalue weighted by atomic mass is 10.0. The number of carboxylic acids is 1. The number of aliphatic carboxylic acids is 1. The van der Waals surface area contributed by atoms with Gasteiger partial charge in [0, 0.05) is 12.8 Å². The third-order valence-corrected chi connectivity index (χ3v) is 12.6. The Morgan fingerprint density at radius 3 is 1.22 bits per heavy atom. The molecule has 0 aromatic heterocycles. The van der Waals surface area contributed by atoms with E-state index in [1.165, 1.54) is 161 Å². The first-order valence-corrected chi connectivity index (χ1v) is 28.0. The van der Waals surface area contributed by atoms with E-state index in [0.717, 1.165) is 51.4 Å². The number of carbonyl (C=O) groups excluding carboxylic acids is 2. The van der Waals surface area contributed by atoms with E-state index in [0.29, 0.717) is 12.8 Å². The monoisotopic (exact) mass is 940 g/mol. The lowest BCUT2D eigenvalue weighted by molar-refractivity contribution is -0.161. The van der Waals surface area contributed by atoms with Gasteiger partial charge >= 0.3 is 25.7 Å². The zero-order valence-corrected chi connectivity index (χ0v) is 42.5. The first-order chi connectivity index (χ1) is 31.6. The molecule has 0 amide bonds. The number of ether oxygens (including phenoxy) is 2. The first kappa shape index (κ1) is 62.7. The molecule has 0 heterocycles. The zero-order valence-electron chi connectivity index (χ0n) is 41.6. The highest BCUT2D eigenvalue weighted by Gasteiger charge is 2.28. The summed E-state index contributed by atoms with van der Waals surface area (Å²) in [6, 6.07) is -1.52. The van der Waals surface area contributed by atoms with Crippen LogP contribution in [0.5, 0.6) is 0 Å². The van der Waals surface area contributed by atoms with Crippen LogP contribution in [0.15, 0.2) is 36.5 Å². The molecule has 0 rings (SSSR count).